The van der Waals surface area contributed by atoms with E-state index in [1.54, 1.807) is 11.8 Å². The SMILES string of the molecule is O=C(c1ccc([C@@H]2SCC(=O)N2Cc2ccccc2)cc1)N1CCc2ccccc2C1. The molecular weight excluding hydrogens is 404 g/mol. The summed E-state index contributed by atoms with van der Waals surface area (Å²) in [5.74, 6) is 0.717. The molecule has 3 aromatic carbocycles. The highest BCUT2D eigenvalue weighted by atomic mass is 32.2. The zero-order valence-corrected chi connectivity index (χ0v) is 18.1. The summed E-state index contributed by atoms with van der Waals surface area (Å²) in [5.41, 5.74) is 5.46. The summed E-state index contributed by atoms with van der Waals surface area (Å²) in [4.78, 5) is 29.4. The highest BCUT2D eigenvalue weighted by molar-refractivity contribution is 8.00. The number of rotatable bonds is 4. The first kappa shape index (κ1) is 19.9. The van der Waals surface area contributed by atoms with Crippen LogP contribution in [0.5, 0.6) is 0 Å². The zero-order chi connectivity index (χ0) is 21.2. The summed E-state index contributed by atoms with van der Waals surface area (Å²) in [6.45, 7) is 2.01. The van der Waals surface area contributed by atoms with E-state index in [-0.39, 0.29) is 17.2 Å². The first-order valence-corrected chi connectivity index (χ1v) is 11.6. The number of thioether (sulfide) groups is 1. The van der Waals surface area contributed by atoms with Crippen molar-refractivity contribution in [3.05, 3.63) is 107 Å². The van der Waals surface area contributed by atoms with Gasteiger partial charge in [-0.15, -0.1) is 11.8 Å². The van der Waals surface area contributed by atoms with Gasteiger partial charge in [0.2, 0.25) is 5.91 Å². The van der Waals surface area contributed by atoms with E-state index in [0.717, 1.165) is 24.1 Å². The van der Waals surface area contributed by atoms with Crippen molar-refractivity contribution in [3.63, 3.8) is 0 Å². The maximum atomic E-state index is 13.1. The van der Waals surface area contributed by atoms with Gasteiger partial charge in [-0.25, -0.2) is 0 Å². The van der Waals surface area contributed by atoms with Crippen LogP contribution in [0.1, 0.15) is 38.0 Å². The summed E-state index contributed by atoms with van der Waals surface area (Å²) >= 11 is 1.65. The number of carbonyl (C=O) groups is 2. The van der Waals surface area contributed by atoms with Gasteiger partial charge in [-0.05, 0) is 40.8 Å². The minimum absolute atomic E-state index is 0.0151. The van der Waals surface area contributed by atoms with Gasteiger partial charge in [0, 0.05) is 25.2 Å². The molecule has 2 amide bonds. The topological polar surface area (TPSA) is 40.6 Å². The van der Waals surface area contributed by atoms with Crippen molar-refractivity contribution in [1.29, 1.82) is 0 Å². The van der Waals surface area contributed by atoms with Crippen molar-refractivity contribution >= 4 is 23.6 Å². The average molecular weight is 429 g/mol. The number of carbonyl (C=O) groups excluding carboxylic acids is 2. The van der Waals surface area contributed by atoms with Gasteiger partial charge in [-0.3, -0.25) is 9.59 Å². The fraction of sp³-hybridized carbons (Fsp3) is 0.231. The summed E-state index contributed by atoms with van der Waals surface area (Å²) < 4.78 is 0. The smallest absolute Gasteiger partial charge is 0.254 e. The monoisotopic (exact) mass is 428 g/mol. The third-order valence-corrected chi connectivity index (χ3v) is 7.28. The second kappa shape index (κ2) is 8.60. The van der Waals surface area contributed by atoms with Crippen molar-refractivity contribution in [2.45, 2.75) is 24.9 Å². The van der Waals surface area contributed by atoms with Gasteiger partial charge >= 0.3 is 0 Å². The maximum absolute atomic E-state index is 13.1. The molecule has 0 radical (unpaired) electrons. The highest BCUT2D eigenvalue weighted by Crippen LogP contribution is 2.39. The van der Waals surface area contributed by atoms with Crippen molar-refractivity contribution in [3.8, 4) is 0 Å². The Hall–Kier alpha value is -3.05. The number of fused-ring (bicyclic) bond motifs is 1. The molecule has 2 heterocycles. The molecule has 0 bridgehead atoms. The van der Waals surface area contributed by atoms with Gasteiger partial charge in [0.1, 0.15) is 5.37 Å². The normalized spacial score (nSPS) is 18.2. The van der Waals surface area contributed by atoms with Crippen LogP contribution in [0.3, 0.4) is 0 Å². The van der Waals surface area contributed by atoms with Gasteiger partial charge in [0.15, 0.2) is 0 Å². The third-order valence-electron chi connectivity index (χ3n) is 6.02. The molecule has 31 heavy (non-hydrogen) atoms. The first-order chi connectivity index (χ1) is 15.2. The molecule has 0 aromatic heterocycles. The van der Waals surface area contributed by atoms with Crippen LogP contribution in [0, 0.1) is 0 Å². The third kappa shape index (κ3) is 4.10. The van der Waals surface area contributed by atoms with Crippen LogP contribution in [-0.4, -0.2) is 33.9 Å². The first-order valence-electron chi connectivity index (χ1n) is 10.6. The van der Waals surface area contributed by atoms with Crippen molar-refractivity contribution < 1.29 is 9.59 Å². The summed E-state index contributed by atoms with van der Waals surface area (Å²) in [6.07, 6.45) is 0.898. The van der Waals surface area contributed by atoms with Gasteiger partial charge < -0.3 is 9.80 Å². The predicted molar refractivity (Wildman–Crippen MR) is 124 cm³/mol. The number of hydrogen-bond donors (Lipinski definition) is 0. The Bertz CT molecular complexity index is 1100. The second-order valence-electron chi connectivity index (χ2n) is 8.04. The van der Waals surface area contributed by atoms with Crippen LogP contribution in [0.2, 0.25) is 0 Å². The molecule has 1 saturated heterocycles. The van der Waals surface area contributed by atoms with Gasteiger partial charge in [-0.2, -0.15) is 0 Å². The standard InChI is InChI=1S/C26H24N2O2S/c29-24-18-31-26(28(24)16-19-6-2-1-3-7-19)22-12-10-21(11-13-22)25(30)27-15-14-20-8-4-5-9-23(20)17-27/h1-13,26H,14-18H2/t26-/m0/s1. The molecule has 4 nitrogen and oxygen atoms in total. The molecule has 5 rings (SSSR count). The maximum Gasteiger partial charge on any atom is 0.254 e. The van der Waals surface area contributed by atoms with E-state index in [4.69, 9.17) is 0 Å². The van der Waals surface area contributed by atoms with E-state index in [9.17, 15) is 9.59 Å². The molecule has 3 aromatic rings. The summed E-state index contributed by atoms with van der Waals surface area (Å²) in [5, 5.41) is -0.0151. The molecule has 156 valence electrons. The van der Waals surface area contributed by atoms with Gasteiger partial charge in [0.05, 0.1) is 5.75 Å². The molecule has 2 aliphatic heterocycles. The molecule has 1 atom stereocenters. The van der Waals surface area contributed by atoms with Gasteiger partial charge in [-0.1, -0.05) is 66.7 Å². The van der Waals surface area contributed by atoms with E-state index in [1.165, 1.54) is 11.1 Å². The molecule has 2 aliphatic rings. The Morgan fingerprint density at radius 3 is 2.39 bits per heavy atom. The highest BCUT2D eigenvalue weighted by Gasteiger charge is 2.33. The minimum Gasteiger partial charge on any atom is -0.334 e. The van der Waals surface area contributed by atoms with Crippen LogP contribution in [0.25, 0.3) is 0 Å². The zero-order valence-electron chi connectivity index (χ0n) is 17.2. The molecule has 0 saturated carbocycles. The molecule has 0 spiro atoms. The Balaban J connectivity index is 1.30. The summed E-state index contributed by atoms with van der Waals surface area (Å²) in [6, 6.07) is 26.2. The fourth-order valence-electron chi connectivity index (χ4n) is 4.32. The van der Waals surface area contributed by atoms with E-state index < -0.39 is 0 Å². The Kier molecular flexibility index (Phi) is 5.51. The average Bonchev–Trinajstić information content (AvgIpc) is 3.19. The Morgan fingerprint density at radius 1 is 0.903 bits per heavy atom. The largest absolute Gasteiger partial charge is 0.334 e. The molecule has 0 unspecified atom stereocenters. The predicted octanol–water partition coefficient (Wildman–Crippen LogP) is 4.66. The van der Waals surface area contributed by atoms with Crippen LogP contribution in [0.15, 0.2) is 78.9 Å². The number of benzene rings is 3. The number of nitrogens with zero attached hydrogens (tertiary/aromatic N) is 2. The summed E-state index contributed by atoms with van der Waals surface area (Å²) in [7, 11) is 0. The number of hydrogen-bond acceptors (Lipinski definition) is 3. The Morgan fingerprint density at radius 2 is 1.61 bits per heavy atom. The van der Waals surface area contributed by atoms with Crippen LogP contribution >= 0.6 is 11.8 Å². The van der Waals surface area contributed by atoms with E-state index in [1.807, 2.05) is 70.5 Å². The van der Waals surface area contributed by atoms with Crippen molar-refractivity contribution in [2.24, 2.45) is 0 Å². The van der Waals surface area contributed by atoms with Crippen molar-refractivity contribution in [2.75, 3.05) is 12.3 Å². The molecular formula is C26H24N2O2S. The lowest BCUT2D eigenvalue weighted by Crippen LogP contribution is -2.35. The quantitative estimate of drug-likeness (QED) is 0.607. The minimum atomic E-state index is -0.0151. The molecule has 1 fully saturated rings. The lowest BCUT2D eigenvalue weighted by Gasteiger charge is -2.29. The second-order valence-corrected chi connectivity index (χ2v) is 9.11. The number of amides is 2. The lowest BCUT2D eigenvalue weighted by molar-refractivity contribution is -0.128. The van der Waals surface area contributed by atoms with Crippen LogP contribution in [0.4, 0.5) is 0 Å². The Labute approximate surface area is 186 Å². The van der Waals surface area contributed by atoms with Gasteiger partial charge in [0.25, 0.3) is 5.91 Å². The van der Waals surface area contributed by atoms with E-state index in [2.05, 4.69) is 18.2 Å². The van der Waals surface area contributed by atoms with E-state index >= 15 is 0 Å². The van der Waals surface area contributed by atoms with Crippen molar-refractivity contribution in [1.82, 2.24) is 9.80 Å². The molecule has 0 aliphatic carbocycles. The van der Waals surface area contributed by atoms with Crippen LogP contribution in [-0.2, 0) is 24.3 Å². The van der Waals surface area contributed by atoms with Crippen LogP contribution < -0.4 is 0 Å². The fourth-order valence-corrected chi connectivity index (χ4v) is 5.51. The molecule has 5 heteroatoms. The van der Waals surface area contributed by atoms with E-state index in [0.29, 0.717) is 24.4 Å². The molecule has 0 N–H and O–H groups in total. The lowest BCUT2D eigenvalue weighted by atomic mass is 9.99.